The van der Waals surface area contributed by atoms with Crippen molar-refractivity contribution in [1.82, 2.24) is 5.32 Å². The molecule has 2 unspecified atom stereocenters. The summed E-state index contributed by atoms with van der Waals surface area (Å²) in [7, 11) is 0. The molecular formula is C13H15BrFNO2. The molecule has 0 aromatic heterocycles. The molecule has 18 heavy (non-hydrogen) atoms. The topological polar surface area (TPSA) is 38.3 Å². The summed E-state index contributed by atoms with van der Waals surface area (Å²) in [4.78, 5) is 12.0. The number of nitrogens with one attached hydrogen (secondary N) is 1. The second kappa shape index (κ2) is 5.80. The van der Waals surface area contributed by atoms with Crippen LogP contribution < -0.4 is 5.32 Å². The van der Waals surface area contributed by atoms with Gasteiger partial charge in [-0.2, -0.15) is 0 Å². The van der Waals surface area contributed by atoms with E-state index >= 15 is 0 Å². The number of carbonyl (C=O) groups excluding carboxylic acids is 1. The SMILES string of the molecule is CC(NC(=O)c1c(F)cccc1Br)C1CCCO1. The van der Waals surface area contributed by atoms with Crippen molar-refractivity contribution in [2.24, 2.45) is 0 Å². The average Bonchev–Trinajstić information content (AvgIpc) is 2.81. The Balaban J connectivity index is 2.07. The third-order valence-corrected chi connectivity index (χ3v) is 3.73. The Morgan fingerprint density at radius 3 is 3.00 bits per heavy atom. The second-order valence-electron chi connectivity index (χ2n) is 4.41. The second-order valence-corrected chi connectivity index (χ2v) is 5.26. The van der Waals surface area contributed by atoms with Crippen molar-refractivity contribution >= 4 is 21.8 Å². The van der Waals surface area contributed by atoms with E-state index in [1.165, 1.54) is 6.07 Å². The highest BCUT2D eigenvalue weighted by Crippen LogP contribution is 2.21. The van der Waals surface area contributed by atoms with Crippen molar-refractivity contribution < 1.29 is 13.9 Å². The summed E-state index contributed by atoms with van der Waals surface area (Å²) >= 11 is 3.19. The van der Waals surface area contributed by atoms with Gasteiger partial charge in [-0.15, -0.1) is 0 Å². The highest BCUT2D eigenvalue weighted by atomic mass is 79.9. The van der Waals surface area contributed by atoms with Crippen LogP contribution in [0.1, 0.15) is 30.1 Å². The fourth-order valence-electron chi connectivity index (χ4n) is 2.08. The van der Waals surface area contributed by atoms with E-state index in [0.29, 0.717) is 4.47 Å². The van der Waals surface area contributed by atoms with Crippen LogP contribution >= 0.6 is 15.9 Å². The fraction of sp³-hybridized carbons (Fsp3) is 0.462. The molecule has 1 fully saturated rings. The Bertz CT molecular complexity index is 426. The van der Waals surface area contributed by atoms with Gasteiger partial charge in [-0.1, -0.05) is 6.07 Å². The molecule has 1 aromatic carbocycles. The maximum absolute atomic E-state index is 13.6. The third-order valence-electron chi connectivity index (χ3n) is 3.07. The highest BCUT2D eigenvalue weighted by molar-refractivity contribution is 9.10. The Morgan fingerprint density at radius 2 is 2.39 bits per heavy atom. The van der Waals surface area contributed by atoms with Gasteiger partial charge in [-0.05, 0) is 47.8 Å². The number of carbonyl (C=O) groups is 1. The van der Waals surface area contributed by atoms with E-state index in [4.69, 9.17) is 4.74 Å². The largest absolute Gasteiger partial charge is 0.376 e. The van der Waals surface area contributed by atoms with Gasteiger partial charge in [0.25, 0.3) is 5.91 Å². The highest BCUT2D eigenvalue weighted by Gasteiger charge is 2.25. The molecule has 1 N–H and O–H groups in total. The molecule has 1 amide bonds. The molecule has 0 spiro atoms. The van der Waals surface area contributed by atoms with Crippen molar-refractivity contribution in [2.45, 2.75) is 31.9 Å². The molecule has 3 nitrogen and oxygen atoms in total. The van der Waals surface area contributed by atoms with Gasteiger partial charge >= 0.3 is 0 Å². The molecule has 0 saturated carbocycles. The summed E-state index contributed by atoms with van der Waals surface area (Å²) in [6, 6.07) is 4.36. The normalized spacial score (nSPS) is 20.7. The molecule has 0 radical (unpaired) electrons. The van der Waals surface area contributed by atoms with Crippen LogP contribution in [-0.2, 0) is 4.74 Å². The molecule has 1 aliphatic heterocycles. The van der Waals surface area contributed by atoms with E-state index < -0.39 is 11.7 Å². The molecule has 98 valence electrons. The first kappa shape index (κ1) is 13.5. The number of rotatable bonds is 3. The predicted octanol–water partition coefficient (Wildman–Crippen LogP) is 2.89. The quantitative estimate of drug-likeness (QED) is 0.931. The van der Waals surface area contributed by atoms with Gasteiger partial charge < -0.3 is 10.1 Å². The minimum absolute atomic E-state index is 0.0273. The van der Waals surface area contributed by atoms with Crippen LogP contribution in [0.3, 0.4) is 0 Å². The standard InChI is InChI=1S/C13H15BrFNO2/c1-8(11-6-3-7-18-11)16-13(17)12-9(14)4-2-5-10(12)15/h2,4-5,8,11H,3,6-7H2,1H3,(H,16,17). The zero-order valence-corrected chi connectivity index (χ0v) is 11.7. The van der Waals surface area contributed by atoms with E-state index in [9.17, 15) is 9.18 Å². The lowest BCUT2D eigenvalue weighted by molar-refractivity contribution is 0.0709. The molecule has 1 aromatic rings. The maximum Gasteiger partial charge on any atom is 0.255 e. The molecule has 1 aliphatic rings. The molecule has 0 bridgehead atoms. The molecule has 0 aliphatic carbocycles. The van der Waals surface area contributed by atoms with Crippen LogP contribution in [0.5, 0.6) is 0 Å². The fourth-order valence-corrected chi connectivity index (χ4v) is 2.61. The lowest BCUT2D eigenvalue weighted by Crippen LogP contribution is -2.41. The van der Waals surface area contributed by atoms with Crippen molar-refractivity contribution in [3.8, 4) is 0 Å². The number of ether oxygens (including phenoxy) is 1. The van der Waals surface area contributed by atoms with Gasteiger partial charge in [0.2, 0.25) is 0 Å². The monoisotopic (exact) mass is 315 g/mol. The molecule has 5 heteroatoms. The molecule has 1 heterocycles. The van der Waals surface area contributed by atoms with Crippen LogP contribution in [0.25, 0.3) is 0 Å². The van der Waals surface area contributed by atoms with Crippen LogP contribution in [0.15, 0.2) is 22.7 Å². The molecule has 1 saturated heterocycles. The van der Waals surface area contributed by atoms with Crippen LogP contribution in [0.2, 0.25) is 0 Å². The molecular weight excluding hydrogens is 301 g/mol. The Labute approximate surface area is 114 Å². The van der Waals surface area contributed by atoms with E-state index in [1.807, 2.05) is 6.92 Å². The summed E-state index contributed by atoms with van der Waals surface area (Å²) in [6.07, 6.45) is 1.97. The minimum atomic E-state index is -0.526. The first-order valence-corrected chi connectivity index (χ1v) is 6.75. The number of hydrogen-bond acceptors (Lipinski definition) is 2. The van der Waals surface area contributed by atoms with Gasteiger partial charge in [0.15, 0.2) is 0 Å². The van der Waals surface area contributed by atoms with Crippen LogP contribution in [0.4, 0.5) is 4.39 Å². The number of benzene rings is 1. The Morgan fingerprint density at radius 1 is 1.61 bits per heavy atom. The van der Waals surface area contributed by atoms with Crippen molar-refractivity contribution in [3.63, 3.8) is 0 Å². The van der Waals surface area contributed by atoms with Gasteiger partial charge in [-0.25, -0.2) is 4.39 Å². The zero-order chi connectivity index (χ0) is 13.1. The first-order valence-electron chi connectivity index (χ1n) is 5.96. The Kier molecular flexibility index (Phi) is 4.35. The van der Waals surface area contributed by atoms with E-state index in [-0.39, 0.29) is 17.7 Å². The van der Waals surface area contributed by atoms with Crippen molar-refractivity contribution in [2.75, 3.05) is 6.61 Å². The van der Waals surface area contributed by atoms with Crippen molar-refractivity contribution in [3.05, 3.63) is 34.1 Å². The van der Waals surface area contributed by atoms with Gasteiger partial charge in [0.1, 0.15) is 5.82 Å². The smallest absolute Gasteiger partial charge is 0.255 e. The number of amides is 1. The first-order chi connectivity index (χ1) is 8.59. The lowest BCUT2D eigenvalue weighted by atomic mass is 10.1. The summed E-state index contributed by atoms with van der Waals surface area (Å²) in [5.41, 5.74) is 0.0438. The van der Waals surface area contributed by atoms with Gasteiger partial charge in [-0.3, -0.25) is 4.79 Å². The lowest BCUT2D eigenvalue weighted by Gasteiger charge is -2.20. The summed E-state index contributed by atoms with van der Waals surface area (Å²) in [5.74, 6) is -0.940. The van der Waals surface area contributed by atoms with Crippen LogP contribution in [-0.4, -0.2) is 24.7 Å². The summed E-state index contributed by atoms with van der Waals surface area (Å²) in [5, 5.41) is 2.79. The van der Waals surface area contributed by atoms with Crippen molar-refractivity contribution in [1.29, 1.82) is 0 Å². The maximum atomic E-state index is 13.6. The zero-order valence-electron chi connectivity index (χ0n) is 10.1. The van der Waals surface area contributed by atoms with E-state index in [2.05, 4.69) is 21.2 Å². The number of halogens is 2. The Hall–Kier alpha value is -0.940. The third kappa shape index (κ3) is 2.90. The summed E-state index contributed by atoms with van der Waals surface area (Å²) < 4.78 is 19.6. The average molecular weight is 316 g/mol. The van der Waals surface area contributed by atoms with E-state index in [1.54, 1.807) is 12.1 Å². The van der Waals surface area contributed by atoms with Gasteiger partial charge in [0, 0.05) is 11.1 Å². The number of hydrogen-bond donors (Lipinski definition) is 1. The minimum Gasteiger partial charge on any atom is -0.376 e. The van der Waals surface area contributed by atoms with Crippen LogP contribution in [0, 0.1) is 5.82 Å². The molecule has 2 atom stereocenters. The van der Waals surface area contributed by atoms with E-state index in [0.717, 1.165) is 19.4 Å². The molecule has 2 rings (SSSR count). The van der Waals surface area contributed by atoms with Gasteiger partial charge in [0.05, 0.1) is 17.7 Å². The predicted molar refractivity (Wildman–Crippen MR) is 70.0 cm³/mol. The summed E-state index contributed by atoms with van der Waals surface area (Å²) in [6.45, 7) is 2.61.